The Morgan fingerprint density at radius 2 is 1.60 bits per heavy atom. The molecule has 0 aliphatic rings. The van der Waals surface area contributed by atoms with Gasteiger partial charge in [0.25, 0.3) is 0 Å². The standard InChI is InChI=1S/CHNS.H2O2/c2-1-3;1-2/h2H;1-2H. The highest BCUT2D eigenvalue weighted by Gasteiger charge is 0.975. The second-order valence-corrected chi connectivity index (χ2v) is 0.306. The van der Waals surface area contributed by atoms with Gasteiger partial charge >= 0.3 is 0 Å². The van der Waals surface area contributed by atoms with Crippen molar-refractivity contribution in [2.24, 2.45) is 0 Å². The van der Waals surface area contributed by atoms with Crippen LogP contribution in [0.2, 0.25) is 0 Å². The molecule has 0 radical (unpaired) electrons. The SMILES string of the molecule is N=C=S.OO. The van der Waals surface area contributed by atoms with Gasteiger partial charge in [0.1, 0.15) is 0 Å². The first kappa shape index (κ1) is 8.83. The van der Waals surface area contributed by atoms with Crippen molar-refractivity contribution in [3.63, 3.8) is 0 Å². The van der Waals surface area contributed by atoms with Crippen LogP contribution in [0, 0.1) is 5.41 Å². The van der Waals surface area contributed by atoms with Crippen molar-refractivity contribution in [3.05, 3.63) is 0 Å². The van der Waals surface area contributed by atoms with E-state index in [1.54, 1.807) is 5.16 Å². The molecule has 3 nitrogen and oxygen atoms in total. The van der Waals surface area contributed by atoms with Crippen molar-refractivity contribution in [1.29, 1.82) is 5.41 Å². The first-order valence-electron chi connectivity index (χ1n) is 0.654. The smallest absolute Gasteiger partial charge is 0.0554 e. The maximum absolute atomic E-state index is 6.00. The van der Waals surface area contributed by atoms with Crippen molar-refractivity contribution < 1.29 is 10.5 Å². The zero-order valence-electron chi connectivity index (χ0n) is 2.30. The van der Waals surface area contributed by atoms with Gasteiger partial charge in [-0.3, -0.25) is 10.5 Å². The second kappa shape index (κ2) is 53.1. The van der Waals surface area contributed by atoms with Crippen molar-refractivity contribution in [2.45, 2.75) is 0 Å². The summed E-state index contributed by atoms with van der Waals surface area (Å²) in [6, 6.07) is 0. The summed E-state index contributed by atoms with van der Waals surface area (Å²) in [6.07, 6.45) is 0. The number of rotatable bonds is 0. The predicted molar refractivity (Wildman–Crippen MR) is 20.6 cm³/mol. The molecule has 0 saturated carbocycles. The highest BCUT2D eigenvalue weighted by Crippen LogP contribution is 1.16. The molecule has 0 rings (SSSR count). The van der Waals surface area contributed by atoms with Crippen LogP contribution in [0.1, 0.15) is 0 Å². The van der Waals surface area contributed by atoms with Gasteiger partial charge in [-0.25, -0.2) is 5.41 Å². The molecule has 5 heavy (non-hydrogen) atoms. The van der Waals surface area contributed by atoms with Crippen molar-refractivity contribution in [2.75, 3.05) is 0 Å². The molecule has 0 atom stereocenters. The molecular weight excluding hydrogens is 90.1 g/mol. The Hall–Kier alpha value is -0.280. The summed E-state index contributed by atoms with van der Waals surface area (Å²) in [6.45, 7) is 0. The largest absolute Gasteiger partial charge is 0.255 e. The van der Waals surface area contributed by atoms with Gasteiger partial charge < -0.3 is 0 Å². The number of thiocarbonyl (C=S) groups is 1. The van der Waals surface area contributed by atoms with E-state index < -0.39 is 0 Å². The zero-order chi connectivity index (χ0) is 4.71. The molecule has 0 aliphatic heterocycles. The van der Waals surface area contributed by atoms with Crippen LogP contribution in [0.25, 0.3) is 0 Å². The molecule has 0 aromatic carbocycles. The molecule has 0 aromatic heterocycles. The topological polar surface area (TPSA) is 64.3 Å². The van der Waals surface area contributed by atoms with Crippen LogP contribution in [0.4, 0.5) is 0 Å². The van der Waals surface area contributed by atoms with Crippen LogP contribution in [0.3, 0.4) is 0 Å². The van der Waals surface area contributed by atoms with Crippen LogP contribution < -0.4 is 0 Å². The summed E-state index contributed by atoms with van der Waals surface area (Å²) in [5.74, 6) is 0. The molecule has 0 aromatic rings. The highest BCUT2D eigenvalue weighted by molar-refractivity contribution is 7.78. The van der Waals surface area contributed by atoms with E-state index in [-0.39, 0.29) is 0 Å². The summed E-state index contributed by atoms with van der Waals surface area (Å²) in [5, 5.41) is 19.4. The number of isothiocyanates is 1. The maximum atomic E-state index is 6.00. The van der Waals surface area contributed by atoms with Gasteiger partial charge in [-0.2, -0.15) is 0 Å². The molecule has 0 aliphatic carbocycles. The molecule has 4 heteroatoms. The lowest BCUT2D eigenvalue weighted by atomic mass is 11.8. The predicted octanol–water partition coefficient (Wildman–Crippen LogP) is 0.685. The summed E-state index contributed by atoms with van der Waals surface area (Å²) in [4.78, 5) is 0. The monoisotopic (exact) mass is 93.0 g/mol. The average molecular weight is 93.1 g/mol. The molecule has 0 bridgehead atoms. The van der Waals surface area contributed by atoms with Crippen LogP contribution in [-0.4, -0.2) is 15.7 Å². The van der Waals surface area contributed by atoms with Crippen molar-refractivity contribution in [3.8, 4) is 0 Å². The summed E-state index contributed by atoms with van der Waals surface area (Å²) in [7, 11) is 0. The third-order valence-electron chi connectivity index (χ3n) is 0. The fraction of sp³-hybridized carbons (Fsp3) is 0. The van der Waals surface area contributed by atoms with E-state index in [9.17, 15) is 0 Å². The number of hydrogen-bond donors (Lipinski definition) is 3. The van der Waals surface area contributed by atoms with Gasteiger partial charge in [-0.1, -0.05) is 0 Å². The molecule has 0 amide bonds. The maximum Gasteiger partial charge on any atom is 0.0554 e. The molecule has 0 heterocycles. The summed E-state index contributed by atoms with van der Waals surface area (Å²) < 4.78 is 0. The van der Waals surface area contributed by atoms with E-state index in [1.807, 2.05) is 0 Å². The Bertz CT molecular complexity index is 30.6. The molecule has 0 saturated heterocycles. The quantitative estimate of drug-likeness (QED) is 0.178. The van der Waals surface area contributed by atoms with Gasteiger partial charge in [-0.15, -0.1) is 0 Å². The number of nitrogens with one attached hydrogen (secondary N) is 1. The molecule has 0 spiro atoms. The Morgan fingerprint density at radius 1 is 1.60 bits per heavy atom. The van der Waals surface area contributed by atoms with Gasteiger partial charge in [0.15, 0.2) is 0 Å². The Kier molecular flexibility index (Phi) is 93.7. The molecular formula is CH3NO2S. The Balaban J connectivity index is 0. The minimum absolute atomic E-state index is 1.58. The van der Waals surface area contributed by atoms with E-state index in [2.05, 4.69) is 12.2 Å². The summed E-state index contributed by atoms with van der Waals surface area (Å²) >= 11 is 3.81. The molecule has 3 N–H and O–H groups in total. The third kappa shape index (κ3) is 140. The lowest BCUT2D eigenvalue weighted by Gasteiger charge is -1.25. The van der Waals surface area contributed by atoms with Crippen LogP contribution in [0.5, 0.6) is 0 Å². The van der Waals surface area contributed by atoms with Crippen molar-refractivity contribution in [1.82, 2.24) is 0 Å². The Labute approximate surface area is 34.3 Å². The van der Waals surface area contributed by atoms with Gasteiger partial charge in [0, 0.05) is 0 Å². The lowest BCUT2D eigenvalue weighted by molar-refractivity contribution is -0.176. The molecule has 30 valence electrons. The third-order valence-corrected chi connectivity index (χ3v) is 0. The zero-order valence-corrected chi connectivity index (χ0v) is 3.12. The second-order valence-electron chi connectivity index (χ2n) is 0.102. The van der Waals surface area contributed by atoms with Gasteiger partial charge in [0.05, 0.1) is 5.16 Å². The van der Waals surface area contributed by atoms with Crippen LogP contribution in [0.15, 0.2) is 0 Å². The fourth-order valence-corrected chi connectivity index (χ4v) is 0. The minimum Gasteiger partial charge on any atom is -0.255 e. The molecule has 0 unspecified atom stereocenters. The van der Waals surface area contributed by atoms with E-state index >= 15 is 0 Å². The first-order valence-corrected chi connectivity index (χ1v) is 1.06. The van der Waals surface area contributed by atoms with Crippen LogP contribution in [-0.2, 0) is 0 Å². The van der Waals surface area contributed by atoms with E-state index in [0.29, 0.717) is 0 Å². The lowest BCUT2D eigenvalue weighted by Crippen LogP contribution is -1.29. The number of hydrogen-bond acceptors (Lipinski definition) is 4. The fourth-order valence-electron chi connectivity index (χ4n) is 0. The molecule has 0 fully saturated rings. The van der Waals surface area contributed by atoms with Gasteiger partial charge in [0.2, 0.25) is 0 Å². The highest BCUT2D eigenvalue weighted by atomic mass is 32.1. The van der Waals surface area contributed by atoms with E-state index in [1.165, 1.54) is 0 Å². The first-order chi connectivity index (χ1) is 2.41. The normalized spacial score (nSPS) is 2.80. The van der Waals surface area contributed by atoms with E-state index in [4.69, 9.17) is 15.9 Å². The van der Waals surface area contributed by atoms with Crippen molar-refractivity contribution >= 4 is 17.4 Å². The van der Waals surface area contributed by atoms with E-state index in [0.717, 1.165) is 0 Å². The minimum atomic E-state index is 1.58. The Morgan fingerprint density at radius 3 is 1.60 bits per heavy atom. The summed E-state index contributed by atoms with van der Waals surface area (Å²) in [5.41, 5.74) is 0. The van der Waals surface area contributed by atoms with Gasteiger partial charge in [-0.05, 0) is 12.2 Å². The van der Waals surface area contributed by atoms with Crippen LogP contribution >= 0.6 is 12.2 Å². The average Bonchev–Trinajstić information content (AvgIpc) is 1.46.